The molecule has 0 radical (unpaired) electrons. The lowest BCUT2D eigenvalue weighted by Crippen LogP contribution is -2.46. The van der Waals surface area contributed by atoms with E-state index in [1.54, 1.807) is 25.7 Å². The monoisotopic (exact) mass is 461 g/mol. The Morgan fingerprint density at radius 1 is 1.13 bits per heavy atom. The van der Waals surface area contributed by atoms with E-state index in [0.29, 0.717) is 25.9 Å². The largest absolute Gasteiger partial charge is 0.372 e. The molecule has 31 heavy (non-hydrogen) atoms. The van der Waals surface area contributed by atoms with E-state index in [4.69, 9.17) is 4.74 Å². The molecule has 176 valence electrons. The molecule has 0 aliphatic carbocycles. The number of carbonyl (C=O) groups excluding carboxylic acids is 1. The molecule has 7 nitrogen and oxygen atoms in total. The minimum Gasteiger partial charge on any atom is -0.372 e. The first-order chi connectivity index (χ1) is 14.3. The summed E-state index contributed by atoms with van der Waals surface area (Å²) in [4.78, 5) is 13.7. The van der Waals surface area contributed by atoms with E-state index in [2.05, 4.69) is 10.0 Å². The number of rotatable bonds is 8. The number of hydrogen-bond acceptors (Lipinski definition) is 5. The first-order valence-electron chi connectivity index (χ1n) is 10.5. The van der Waals surface area contributed by atoms with Crippen molar-refractivity contribution in [2.24, 2.45) is 0 Å². The molecule has 1 aliphatic heterocycles. The van der Waals surface area contributed by atoms with Crippen molar-refractivity contribution in [3.63, 3.8) is 0 Å². The van der Waals surface area contributed by atoms with Crippen molar-refractivity contribution in [3.05, 3.63) is 23.8 Å². The van der Waals surface area contributed by atoms with E-state index in [1.807, 2.05) is 13.8 Å². The highest BCUT2D eigenvalue weighted by molar-refractivity contribution is 7.90. The highest BCUT2D eigenvalue weighted by Crippen LogP contribution is 2.29. The van der Waals surface area contributed by atoms with Crippen molar-refractivity contribution in [2.75, 3.05) is 29.9 Å². The number of benzene rings is 1. The van der Waals surface area contributed by atoms with Gasteiger partial charge in [-0.1, -0.05) is 0 Å². The van der Waals surface area contributed by atoms with Gasteiger partial charge in [-0.25, -0.2) is 21.9 Å². The van der Waals surface area contributed by atoms with Gasteiger partial charge in [0.05, 0.1) is 17.0 Å². The zero-order valence-electron chi connectivity index (χ0n) is 18.8. The first kappa shape index (κ1) is 25.5. The number of amides is 1. The van der Waals surface area contributed by atoms with E-state index >= 15 is 0 Å². The van der Waals surface area contributed by atoms with Crippen LogP contribution in [0.25, 0.3) is 0 Å². The van der Waals surface area contributed by atoms with Crippen LogP contribution in [0.1, 0.15) is 53.9 Å². The number of halogens is 2. The molecule has 2 N–H and O–H groups in total. The number of hydrogen-bond donors (Lipinski definition) is 2. The molecule has 0 unspecified atom stereocenters. The minimum absolute atomic E-state index is 0.0477. The highest BCUT2D eigenvalue weighted by Gasteiger charge is 2.28. The van der Waals surface area contributed by atoms with Crippen LogP contribution in [0, 0.1) is 11.6 Å². The molecule has 2 atom stereocenters. The smallest absolute Gasteiger partial charge is 0.224 e. The fourth-order valence-electron chi connectivity index (χ4n) is 3.36. The Hall–Kier alpha value is -1.78. The van der Waals surface area contributed by atoms with Gasteiger partial charge in [0.15, 0.2) is 11.6 Å². The molecule has 1 amide bonds. The molecule has 0 aromatic heterocycles. The molecule has 1 heterocycles. The van der Waals surface area contributed by atoms with E-state index in [1.165, 1.54) is 0 Å². The zero-order chi connectivity index (χ0) is 23.4. The van der Waals surface area contributed by atoms with Crippen molar-refractivity contribution in [1.82, 2.24) is 4.72 Å². The number of ether oxygens (including phenoxy) is 1. The maximum absolute atomic E-state index is 14.6. The van der Waals surface area contributed by atoms with Crippen molar-refractivity contribution in [3.8, 4) is 0 Å². The summed E-state index contributed by atoms with van der Waals surface area (Å²) in [7, 11) is -3.42. The van der Waals surface area contributed by atoms with Gasteiger partial charge in [0.25, 0.3) is 0 Å². The third-order valence-corrected chi connectivity index (χ3v) is 7.16. The number of carbonyl (C=O) groups is 1. The standard InChI is InChI=1S/C21H33F2N3O4S/c1-14-12-26(13-15(2)30-14)20-17(22)10-16(11-18(20)23)25-19(27)8-6-7-9-24-31(28,29)21(3,4)5/h10-11,14-15,24H,6-9,12-13H2,1-5H3,(H,25,27)/t14-,15+. The van der Waals surface area contributed by atoms with Crippen LogP contribution < -0.4 is 14.9 Å². The summed E-state index contributed by atoms with van der Waals surface area (Å²) in [6.07, 6.45) is 0.730. The number of nitrogens with one attached hydrogen (secondary N) is 2. The Bertz CT molecular complexity index is 854. The summed E-state index contributed by atoms with van der Waals surface area (Å²) < 4.78 is 60.4. The van der Waals surface area contributed by atoms with Crippen molar-refractivity contribution in [2.45, 2.75) is 70.8 Å². The fourth-order valence-corrected chi connectivity index (χ4v) is 4.20. The number of unbranched alkanes of at least 4 members (excludes halogenated alkanes) is 1. The van der Waals surface area contributed by atoms with E-state index < -0.39 is 26.4 Å². The summed E-state index contributed by atoms with van der Waals surface area (Å²) in [5.74, 6) is -1.87. The van der Waals surface area contributed by atoms with Crippen molar-refractivity contribution in [1.29, 1.82) is 0 Å². The molecule has 2 rings (SSSR count). The highest BCUT2D eigenvalue weighted by atomic mass is 32.2. The molecule has 1 aromatic rings. The van der Waals surface area contributed by atoms with E-state index in [-0.39, 0.29) is 42.5 Å². The quantitative estimate of drug-likeness (QED) is 0.580. The van der Waals surface area contributed by atoms with Gasteiger partial charge in [-0.15, -0.1) is 0 Å². The Balaban J connectivity index is 1.87. The van der Waals surface area contributed by atoms with Gasteiger partial charge in [-0.3, -0.25) is 4.79 Å². The van der Waals surface area contributed by atoms with Crippen LogP contribution in [-0.2, 0) is 19.6 Å². The Morgan fingerprint density at radius 2 is 1.68 bits per heavy atom. The second-order valence-corrected chi connectivity index (χ2v) is 11.5. The lowest BCUT2D eigenvalue weighted by atomic mass is 10.1. The number of anilines is 2. The average molecular weight is 462 g/mol. The topological polar surface area (TPSA) is 87.7 Å². The minimum atomic E-state index is -3.42. The second kappa shape index (κ2) is 10.2. The molecule has 1 aromatic carbocycles. The van der Waals surface area contributed by atoms with Crippen LogP contribution in [0.4, 0.5) is 20.2 Å². The third kappa shape index (κ3) is 7.11. The molecule has 1 aliphatic rings. The summed E-state index contributed by atoms with van der Waals surface area (Å²) in [5, 5.41) is 2.50. The summed E-state index contributed by atoms with van der Waals surface area (Å²) >= 11 is 0. The molecular formula is C21H33F2N3O4S. The predicted molar refractivity (Wildman–Crippen MR) is 118 cm³/mol. The van der Waals surface area contributed by atoms with Gasteiger partial charge in [0, 0.05) is 31.7 Å². The zero-order valence-corrected chi connectivity index (χ0v) is 19.6. The number of nitrogens with zero attached hydrogens (tertiary/aromatic N) is 1. The SMILES string of the molecule is C[C@@H]1CN(c2c(F)cc(NC(=O)CCCCNS(=O)(=O)C(C)(C)C)cc2F)C[C@H](C)O1. The van der Waals surface area contributed by atoms with Crippen LogP contribution in [-0.4, -0.2) is 50.9 Å². The van der Waals surface area contributed by atoms with Crippen LogP contribution in [0.3, 0.4) is 0 Å². The normalized spacial score (nSPS) is 20.0. The van der Waals surface area contributed by atoms with Gasteiger partial charge >= 0.3 is 0 Å². The second-order valence-electron chi connectivity index (χ2n) is 8.97. The molecule has 10 heteroatoms. The van der Waals surface area contributed by atoms with Crippen LogP contribution in [0.2, 0.25) is 0 Å². The van der Waals surface area contributed by atoms with Gasteiger partial charge in [0.1, 0.15) is 5.69 Å². The first-order valence-corrected chi connectivity index (χ1v) is 12.0. The van der Waals surface area contributed by atoms with E-state index in [0.717, 1.165) is 12.1 Å². The predicted octanol–water partition coefficient (Wildman–Crippen LogP) is 3.41. The van der Waals surface area contributed by atoms with Crippen LogP contribution >= 0.6 is 0 Å². The average Bonchev–Trinajstić information content (AvgIpc) is 2.58. The molecule has 0 bridgehead atoms. The maximum atomic E-state index is 14.6. The van der Waals surface area contributed by atoms with Gasteiger partial charge < -0.3 is 15.0 Å². The molecule has 1 saturated heterocycles. The molecular weight excluding hydrogens is 428 g/mol. The Kier molecular flexibility index (Phi) is 8.40. The summed E-state index contributed by atoms with van der Waals surface area (Å²) in [6.45, 7) is 9.49. The van der Waals surface area contributed by atoms with Gasteiger partial charge in [0.2, 0.25) is 15.9 Å². The number of morpholine rings is 1. The Labute approximate surface area is 183 Å². The molecule has 1 fully saturated rings. The molecule has 0 saturated carbocycles. The lowest BCUT2D eigenvalue weighted by Gasteiger charge is -2.37. The van der Waals surface area contributed by atoms with Crippen LogP contribution in [0.5, 0.6) is 0 Å². The third-order valence-electron chi connectivity index (χ3n) is 4.97. The summed E-state index contributed by atoms with van der Waals surface area (Å²) in [6, 6.07) is 2.22. The van der Waals surface area contributed by atoms with Crippen molar-refractivity contribution < 1.29 is 26.7 Å². The van der Waals surface area contributed by atoms with Crippen molar-refractivity contribution >= 4 is 27.3 Å². The molecule has 0 spiro atoms. The van der Waals surface area contributed by atoms with Crippen LogP contribution in [0.15, 0.2) is 12.1 Å². The maximum Gasteiger partial charge on any atom is 0.224 e. The van der Waals surface area contributed by atoms with E-state index in [9.17, 15) is 22.0 Å². The Morgan fingerprint density at radius 3 is 2.19 bits per heavy atom. The fraction of sp³-hybridized carbons (Fsp3) is 0.667. The van der Waals surface area contributed by atoms with Gasteiger partial charge in [-0.2, -0.15) is 0 Å². The summed E-state index contributed by atoms with van der Waals surface area (Å²) in [5.41, 5.74) is -0.0716. The number of sulfonamides is 1. The lowest BCUT2D eigenvalue weighted by molar-refractivity contribution is -0.116. The van der Waals surface area contributed by atoms with Gasteiger partial charge in [-0.05, 0) is 59.6 Å².